The highest BCUT2D eigenvalue weighted by Crippen LogP contribution is 2.29. The maximum atomic E-state index is 13.6. The molecule has 1 N–H and O–H groups in total. The molecule has 6 nitrogen and oxygen atoms in total. The number of carbonyl (C=O) groups is 2. The topological polar surface area (TPSA) is 67.9 Å². The van der Waals surface area contributed by atoms with Crippen molar-refractivity contribution in [3.8, 4) is 11.5 Å². The molecule has 0 radical (unpaired) electrons. The summed E-state index contributed by atoms with van der Waals surface area (Å²) in [7, 11) is 0. The molecule has 0 heterocycles. The molecule has 37 heavy (non-hydrogen) atoms. The molecule has 3 rings (SSSR count). The van der Waals surface area contributed by atoms with E-state index < -0.39 is 6.04 Å². The van der Waals surface area contributed by atoms with Crippen molar-refractivity contribution < 1.29 is 19.1 Å². The number of benzene rings is 2. The maximum Gasteiger partial charge on any atom is 0.243 e. The van der Waals surface area contributed by atoms with Gasteiger partial charge in [0.2, 0.25) is 11.8 Å². The van der Waals surface area contributed by atoms with E-state index in [1.54, 1.807) is 17.0 Å². The quantitative estimate of drug-likeness (QED) is 0.306. The zero-order valence-electron chi connectivity index (χ0n) is 22.0. The van der Waals surface area contributed by atoms with Crippen LogP contribution in [-0.4, -0.2) is 42.0 Å². The highest BCUT2D eigenvalue weighted by molar-refractivity contribution is 6.42. The molecule has 0 aliphatic heterocycles. The highest BCUT2D eigenvalue weighted by Gasteiger charge is 2.30. The Bertz CT molecular complexity index is 1060. The number of hydrogen-bond acceptors (Lipinski definition) is 4. The molecule has 1 saturated carbocycles. The van der Waals surface area contributed by atoms with Gasteiger partial charge in [0.1, 0.15) is 6.04 Å². The first-order valence-electron chi connectivity index (χ1n) is 13.3. The second-order valence-corrected chi connectivity index (χ2v) is 10.1. The minimum Gasteiger partial charge on any atom is -0.490 e. The van der Waals surface area contributed by atoms with Crippen LogP contribution >= 0.6 is 23.2 Å². The van der Waals surface area contributed by atoms with Crippen molar-refractivity contribution in [3.63, 3.8) is 0 Å². The molecular weight excluding hydrogens is 511 g/mol. The Morgan fingerprint density at radius 2 is 1.62 bits per heavy atom. The molecule has 0 bridgehead atoms. The average Bonchev–Trinajstić information content (AvgIpc) is 3.39. The SMILES string of the molecule is CCOc1ccc(CCC(=O)N(Cc2ccc(Cl)c(Cl)c2)[C@@H](CC)C(=O)NC2CCCC2)cc1OCC. The van der Waals surface area contributed by atoms with Gasteiger partial charge in [-0.15, -0.1) is 0 Å². The number of aryl methyl sites for hydroxylation is 1. The number of rotatable bonds is 13. The Morgan fingerprint density at radius 1 is 0.946 bits per heavy atom. The fourth-order valence-electron chi connectivity index (χ4n) is 4.77. The summed E-state index contributed by atoms with van der Waals surface area (Å²) in [5.41, 5.74) is 1.80. The van der Waals surface area contributed by atoms with Crippen molar-refractivity contribution in [1.82, 2.24) is 10.2 Å². The Balaban J connectivity index is 1.79. The molecule has 2 amide bonds. The Hall–Kier alpha value is -2.44. The van der Waals surface area contributed by atoms with E-state index >= 15 is 0 Å². The van der Waals surface area contributed by atoms with E-state index in [-0.39, 0.29) is 30.8 Å². The predicted octanol–water partition coefficient (Wildman–Crippen LogP) is 6.59. The third-order valence-electron chi connectivity index (χ3n) is 6.66. The second kappa shape index (κ2) is 14.5. The van der Waals surface area contributed by atoms with E-state index in [1.807, 2.05) is 45.0 Å². The lowest BCUT2D eigenvalue weighted by Crippen LogP contribution is -2.51. The smallest absolute Gasteiger partial charge is 0.243 e. The van der Waals surface area contributed by atoms with Gasteiger partial charge in [0.25, 0.3) is 0 Å². The maximum absolute atomic E-state index is 13.6. The van der Waals surface area contributed by atoms with Gasteiger partial charge in [-0.3, -0.25) is 9.59 Å². The first kappa shape index (κ1) is 29.1. The van der Waals surface area contributed by atoms with E-state index in [0.29, 0.717) is 47.6 Å². The van der Waals surface area contributed by atoms with Gasteiger partial charge in [0.05, 0.1) is 23.3 Å². The number of nitrogens with zero attached hydrogens (tertiary/aromatic N) is 1. The summed E-state index contributed by atoms with van der Waals surface area (Å²) in [5.74, 6) is 1.17. The van der Waals surface area contributed by atoms with Gasteiger partial charge in [0, 0.05) is 19.0 Å². The lowest BCUT2D eigenvalue weighted by Gasteiger charge is -2.31. The van der Waals surface area contributed by atoms with Gasteiger partial charge < -0.3 is 19.7 Å². The number of nitrogens with one attached hydrogen (secondary N) is 1. The first-order valence-corrected chi connectivity index (χ1v) is 14.0. The monoisotopic (exact) mass is 548 g/mol. The summed E-state index contributed by atoms with van der Waals surface area (Å²) in [6.07, 6.45) is 5.52. The third kappa shape index (κ3) is 8.27. The van der Waals surface area contributed by atoms with Crippen LogP contribution in [0.25, 0.3) is 0 Å². The van der Waals surface area contributed by atoms with Crippen LogP contribution < -0.4 is 14.8 Å². The molecule has 1 aliphatic carbocycles. The molecular formula is C29H38Cl2N2O4. The highest BCUT2D eigenvalue weighted by atomic mass is 35.5. The van der Waals surface area contributed by atoms with Crippen molar-refractivity contribution in [2.75, 3.05) is 13.2 Å². The van der Waals surface area contributed by atoms with E-state index in [4.69, 9.17) is 32.7 Å². The van der Waals surface area contributed by atoms with E-state index in [0.717, 1.165) is 36.8 Å². The van der Waals surface area contributed by atoms with Gasteiger partial charge in [-0.2, -0.15) is 0 Å². The minimum atomic E-state index is -0.568. The van der Waals surface area contributed by atoms with Crippen molar-refractivity contribution in [2.24, 2.45) is 0 Å². The molecule has 1 aliphatic rings. The molecule has 202 valence electrons. The van der Waals surface area contributed by atoms with E-state index in [1.165, 1.54) is 0 Å². The average molecular weight is 550 g/mol. The molecule has 1 fully saturated rings. The van der Waals surface area contributed by atoms with Crippen LogP contribution in [0.1, 0.15) is 70.4 Å². The van der Waals surface area contributed by atoms with Crippen LogP contribution in [0.5, 0.6) is 11.5 Å². The number of ether oxygens (including phenoxy) is 2. The molecule has 0 saturated heterocycles. The Kier molecular flexibility index (Phi) is 11.4. The van der Waals surface area contributed by atoms with Crippen LogP contribution in [0.15, 0.2) is 36.4 Å². The normalized spacial score (nSPS) is 14.3. The summed E-state index contributed by atoms with van der Waals surface area (Å²) in [5, 5.41) is 4.05. The lowest BCUT2D eigenvalue weighted by atomic mass is 10.0. The number of carbonyl (C=O) groups excluding carboxylic acids is 2. The standard InChI is InChI=1S/C29H38Cl2N2O4/c1-4-25(29(35)32-22-9-7-8-10-22)33(19-21-11-14-23(30)24(31)17-21)28(34)16-13-20-12-15-26(36-5-2)27(18-20)37-6-3/h11-12,14-15,17-18,22,25H,4-10,13,16,19H2,1-3H3,(H,32,35)/t25-/m0/s1. The fraction of sp³-hybridized carbons (Fsp3) is 0.517. The van der Waals surface area contributed by atoms with Crippen LogP contribution in [0, 0.1) is 0 Å². The van der Waals surface area contributed by atoms with Crippen molar-refractivity contribution in [1.29, 1.82) is 0 Å². The van der Waals surface area contributed by atoms with Gasteiger partial charge in [-0.05, 0) is 74.9 Å². The predicted molar refractivity (Wildman–Crippen MR) is 149 cm³/mol. The van der Waals surface area contributed by atoms with Gasteiger partial charge in [-0.1, -0.05) is 55.1 Å². The van der Waals surface area contributed by atoms with Crippen LogP contribution in [0.4, 0.5) is 0 Å². The molecule has 0 unspecified atom stereocenters. The third-order valence-corrected chi connectivity index (χ3v) is 7.40. The van der Waals surface area contributed by atoms with Crippen LogP contribution in [-0.2, 0) is 22.6 Å². The van der Waals surface area contributed by atoms with Gasteiger partial charge in [-0.25, -0.2) is 0 Å². The number of amides is 2. The zero-order valence-corrected chi connectivity index (χ0v) is 23.5. The van der Waals surface area contributed by atoms with Crippen LogP contribution in [0.3, 0.4) is 0 Å². The molecule has 0 spiro atoms. The Labute approximate surface area is 230 Å². The second-order valence-electron chi connectivity index (χ2n) is 9.33. The van der Waals surface area contributed by atoms with Crippen molar-refractivity contribution in [2.45, 2.75) is 84.3 Å². The van der Waals surface area contributed by atoms with E-state index in [9.17, 15) is 9.59 Å². The summed E-state index contributed by atoms with van der Waals surface area (Å²) < 4.78 is 11.4. The molecule has 2 aromatic rings. The molecule has 2 aromatic carbocycles. The van der Waals surface area contributed by atoms with Gasteiger partial charge >= 0.3 is 0 Å². The van der Waals surface area contributed by atoms with Crippen molar-refractivity contribution >= 4 is 35.0 Å². The number of halogens is 2. The summed E-state index contributed by atoms with van der Waals surface area (Å²) in [6.45, 7) is 7.14. The summed E-state index contributed by atoms with van der Waals surface area (Å²) in [4.78, 5) is 28.6. The largest absolute Gasteiger partial charge is 0.490 e. The molecule has 0 aromatic heterocycles. The number of hydrogen-bond donors (Lipinski definition) is 1. The lowest BCUT2D eigenvalue weighted by molar-refractivity contribution is -0.141. The summed E-state index contributed by atoms with van der Waals surface area (Å²) >= 11 is 12.3. The molecule has 8 heteroatoms. The molecule has 1 atom stereocenters. The summed E-state index contributed by atoms with van der Waals surface area (Å²) in [6, 6.07) is 10.7. The fourth-order valence-corrected chi connectivity index (χ4v) is 5.09. The van der Waals surface area contributed by atoms with Crippen LogP contribution in [0.2, 0.25) is 10.0 Å². The Morgan fingerprint density at radius 3 is 2.27 bits per heavy atom. The van der Waals surface area contributed by atoms with Crippen molar-refractivity contribution in [3.05, 3.63) is 57.6 Å². The first-order chi connectivity index (χ1) is 17.9. The zero-order chi connectivity index (χ0) is 26.8. The van der Waals surface area contributed by atoms with E-state index in [2.05, 4.69) is 5.32 Å². The van der Waals surface area contributed by atoms with Gasteiger partial charge in [0.15, 0.2) is 11.5 Å². The minimum absolute atomic E-state index is 0.0914.